The van der Waals surface area contributed by atoms with E-state index in [2.05, 4.69) is 116 Å². The smallest absolute Gasteiger partial charge is 0.0956 e. The van der Waals surface area contributed by atoms with Crippen LogP contribution in [0.4, 0.5) is 0 Å². The first kappa shape index (κ1) is 19.6. The molecule has 0 aliphatic carbocycles. The van der Waals surface area contributed by atoms with Gasteiger partial charge in [0.15, 0.2) is 0 Å². The third-order valence-electron chi connectivity index (χ3n) is 9.22. The zero-order valence-electron chi connectivity index (χ0n) is 20.5. The number of rotatable bonds is 0. The SMILES string of the molecule is CC1(C)c2c3ccccc3n3c2c2c(c4ccccc4cc2c2ncc4ccccc4c23)[Si]1(C)C. The second-order valence-corrected chi connectivity index (χ2v) is 16.3. The van der Waals surface area contributed by atoms with E-state index < -0.39 is 8.07 Å². The van der Waals surface area contributed by atoms with Gasteiger partial charge in [0.1, 0.15) is 0 Å². The molecule has 0 spiro atoms. The summed E-state index contributed by atoms with van der Waals surface area (Å²) < 4.78 is 2.56. The molecule has 3 heteroatoms. The lowest BCUT2D eigenvalue weighted by atomic mass is 9.93. The van der Waals surface area contributed by atoms with Crippen LogP contribution < -0.4 is 5.19 Å². The fraction of sp³-hybridized carbons (Fsp3) is 0.156. The molecule has 4 aromatic carbocycles. The largest absolute Gasteiger partial charge is 0.306 e. The molecule has 0 saturated heterocycles. The standard InChI is InChI=1S/C32H26N2Si/c1-32(2)27-23-15-9-10-16-25(23)34-29-21-13-7-6-12-20(21)18-33-28(29)24-17-19-11-5-8-14-22(19)31(35(32,3)4)26(24)30(27)34/h5-18H,1-4H3. The predicted octanol–water partition coefficient (Wildman–Crippen LogP) is 7.85. The number of para-hydroxylation sites is 1. The summed E-state index contributed by atoms with van der Waals surface area (Å²) in [6.45, 7) is 10.2. The molecule has 2 nitrogen and oxygen atoms in total. The van der Waals surface area contributed by atoms with Crippen molar-refractivity contribution in [3.63, 3.8) is 0 Å². The first-order valence-corrected chi connectivity index (χ1v) is 15.5. The van der Waals surface area contributed by atoms with Crippen molar-refractivity contribution < 1.29 is 0 Å². The van der Waals surface area contributed by atoms with E-state index in [-0.39, 0.29) is 5.04 Å². The normalized spacial score (nSPS) is 16.5. The number of pyridine rings is 2. The summed E-state index contributed by atoms with van der Waals surface area (Å²) in [7, 11) is -1.97. The quantitative estimate of drug-likeness (QED) is 0.126. The van der Waals surface area contributed by atoms with E-state index in [9.17, 15) is 0 Å². The summed E-state index contributed by atoms with van der Waals surface area (Å²) in [5, 5.41) is 11.0. The van der Waals surface area contributed by atoms with Gasteiger partial charge in [0, 0.05) is 33.1 Å². The van der Waals surface area contributed by atoms with Gasteiger partial charge < -0.3 is 4.40 Å². The van der Waals surface area contributed by atoms with Gasteiger partial charge in [-0.2, -0.15) is 0 Å². The van der Waals surface area contributed by atoms with Crippen LogP contribution in [0.15, 0.2) is 85.1 Å². The average molecular weight is 467 g/mol. The van der Waals surface area contributed by atoms with Crippen LogP contribution in [-0.2, 0) is 5.04 Å². The molecule has 168 valence electrons. The van der Waals surface area contributed by atoms with Crippen molar-refractivity contribution in [1.82, 2.24) is 9.38 Å². The van der Waals surface area contributed by atoms with E-state index in [1.165, 1.54) is 59.8 Å². The fourth-order valence-electron chi connectivity index (χ4n) is 6.97. The number of hydrogen-bond acceptors (Lipinski definition) is 1. The molecule has 4 heterocycles. The third kappa shape index (κ3) is 2.11. The molecule has 0 amide bonds. The molecule has 0 atom stereocenters. The number of fused-ring (bicyclic) bond motifs is 10. The van der Waals surface area contributed by atoms with Gasteiger partial charge in [-0.3, -0.25) is 4.98 Å². The maximum Gasteiger partial charge on any atom is 0.0956 e. The second kappa shape index (κ2) is 6.10. The summed E-state index contributed by atoms with van der Waals surface area (Å²) in [5.41, 5.74) is 6.54. The zero-order chi connectivity index (χ0) is 23.7. The van der Waals surface area contributed by atoms with Gasteiger partial charge in [-0.25, -0.2) is 0 Å². The molecule has 0 radical (unpaired) electrons. The van der Waals surface area contributed by atoms with Gasteiger partial charge >= 0.3 is 0 Å². The fourth-order valence-corrected chi connectivity index (χ4v) is 10.2. The minimum atomic E-state index is -1.97. The Balaban J connectivity index is 1.87. The minimum absolute atomic E-state index is 0.0666. The van der Waals surface area contributed by atoms with Crippen LogP contribution >= 0.6 is 0 Å². The number of aromatic nitrogens is 2. The lowest BCUT2D eigenvalue weighted by molar-refractivity contribution is 0.738. The molecule has 8 rings (SSSR count). The highest BCUT2D eigenvalue weighted by molar-refractivity contribution is 6.96. The van der Waals surface area contributed by atoms with Crippen molar-refractivity contribution in [1.29, 1.82) is 0 Å². The Morgan fingerprint density at radius 2 is 1.37 bits per heavy atom. The first-order chi connectivity index (χ1) is 16.9. The molecular formula is C32H26N2Si. The van der Waals surface area contributed by atoms with E-state index in [0.29, 0.717) is 0 Å². The van der Waals surface area contributed by atoms with E-state index >= 15 is 0 Å². The Hall–Kier alpha value is -3.69. The molecular weight excluding hydrogens is 440 g/mol. The molecule has 35 heavy (non-hydrogen) atoms. The van der Waals surface area contributed by atoms with Crippen LogP contribution in [0.2, 0.25) is 13.1 Å². The average Bonchev–Trinajstić information content (AvgIpc) is 3.22. The summed E-state index contributed by atoms with van der Waals surface area (Å²) >= 11 is 0. The highest BCUT2D eigenvalue weighted by Crippen LogP contribution is 2.50. The lowest BCUT2D eigenvalue weighted by Gasteiger charge is -2.45. The van der Waals surface area contributed by atoms with Crippen LogP contribution in [-0.4, -0.2) is 17.5 Å². The summed E-state index contributed by atoms with van der Waals surface area (Å²) in [6.07, 6.45) is 2.06. The maximum absolute atomic E-state index is 5.15. The highest BCUT2D eigenvalue weighted by Gasteiger charge is 2.49. The Bertz CT molecular complexity index is 2060. The molecule has 1 aliphatic rings. The number of nitrogens with zero attached hydrogens (tertiary/aromatic N) is 2. The lowest BCUT2D eigenvalue weighted by Crippen LogP contribution is -2.59. The molecule has 0 N–H and O–H groups in total. The number of hydrogen-bond donors (Lipinski definition) is 0. The van der Waals surface area contributed by atoms with Gasteiger partial charge in [-0.15, -0.1) is 0 Å². The van der Waals surface area contributed by atoms with Crippen molar-refractivity contribution >= 4 is 73.0 Å². The predicted molar refractivity (Wildman–Crippen MR) is 153 cm³/mol. The van der Waals surface area contributed by atoms with Crippen molar-refractivity contribution in [3.05, 3.63) is 90.6 Å². The van der Waals surface area contributed by atoms with E-state index in [1.807, 2.05) is 0 Å². The molecule has 1 aliphatic heterocycles. The molecule has 0 saturated carbocycles. The van der Waals surface area contributed by atoms with Crippen LogP contribution in [0.25, 0.3) is 59.8 Å². The molecule has 0 bridgehead atoms. The second-order valence-electron chi connectivity index (χ2n) is 11.3. The van der Waals surface area contributed by atoms with E-state index in [1.54, 1.807) is 5.19 Å². The molecule has 0 fully saturated rings. The van der Waals surface area contributed by atoms with E-state index in [4.69, 9.17) is 4.98 Å². The first-order valence-electron chi connectivity index (χ1n) is 12.5. The highest BCUT2D eigenvalue weighted by atomic mass is 28.3. The third-order valence-corrected chi connectivity index (χ3v) is 14.4. The van der Waals surface area contributed by atoms with Crippen molar-refractivity contribution in [3.8, 4) is 0 Å². The molecule has 3 aromatic heterocycles. The maximum atomic E-state index is 5.15. The minimum Gasteiger partial charge on any atom is -0.306 e. The van der Waals surface area contributed by atoms with E-state index in [0.717, 1.165) is 5.52 Å². The van der Waals surface area contributed by atoms with Crippen LogP contribution in [0, 0.1) is 0 Å². The zero-order valence-corrected chi connectivity index (χ0v) is 21.5. The van der Waals surface area contributed by atoms with Crippen molar-refractivity contribution in [2.45, 2.75) is 32.0 Å². The van der Waals surface area contributed by atoms with Crippen LogP contribution in [0.1, 0.15) is 19.4 Å². The van der Waals surface area contributed by atoms with Crippen molar-refractivity contribution in [2.24, 2.45) is 0 Å². The van der Waals surface area contributed by atoms with Crippen LogP contribution in [0.5, 0.6) is 0 Å². The summed E-state index contributed by atoms with van der Waals surface area (Å²) in [4.78, 5) is 5.15. The molecule has 0 unspecified atom stereocenters. The van der Waals surface area contributed by atoms with Gasteiger partial charge in [-0.05, 0) is 38.7 Å². The van der Waals surface area contributed by atoms with Crippen molar-refractivity contribution in [2.75, 3.05) is 0 Å². The molecule has 7 aromatic rings. The summed E-state index contributed by atoms with van der Waals surface area (Å²) in [5.74, 6) is 0. The summed E-state index contributed by atoms with van der Waals surface area (Å²) in [6, 6.07) is 29.1. The Morgan fingerprint density at radius 1 is 0.714 bits per heavy atom. The Morgan fingerprint density at radius 3 is 2.17 bits per heavy atom. The van der Waals surface area contributed by atoms with Gasteiger partial charge in [-0.1, -0.05) is 93.7 Å². The monoisotopic (exact) mass is 466 g/mol. The van der Waals surface area contributed by atoms with Crippen LogP contribution in [0.3, 0.4) is 0 Å². The van der Waals surface area contributed by atoms with Gasteiger partial charge in [0.05, 0.1) is 30.1 Å². The Kier molecular flexibility index (Phi) is 3.42. The topological polar surface area (TPSA) is 17.3 Å². The number of benzene rings is 4. The van der Waals surface area contributed by atoms with Gasteiger partial charge in [0.2, 0.25) is 0 Å². The van der Waals surface area contributed by atoms with Gasteiger partial charge in [0.25, 0.3) is 0 Å². The Labute approximate surface area is 204 Å².